The zero-order valence-corrected chi connectivity index (χ0v) is 16.3. The summed E-state index contributed by atoms with van der Waals surface area (Å²) in [6.07, 6.45) is 7.01. The van der Waals surface area contributed by atoms with E-state index in [4.69, 9.17) is 6.42 Å². The molecule has 1 aromatic heterocycles. The number of nitrogens with zero attached hydrogens (tertiary/aromatic N) is 3. The van der Waals surface area contributed by atoms with Crippen LogP contribution in [0.2, 0.25) is 0 Å². The van der Waals surface area contributed by atoms with Crippen molar-refractivity contribution in [2.45, 2.75) is 18.2 Å². The smallest absolute Gasteiger partial charge is 0.298 e. The van der Waals surface area contributed by atoms with Gasteiger partial charge in [-0.2, -0.15) is 0 Å². The molecule has 0 fully saturated rings. The number of hydrogen-bond donors (Lipinski definition) is 0. The third-order valence-corrected chi connectivity index (χ3v) is 5.95. The van der Waals surface area contributed by atoms with Crippen LogP contribution in [0.4, 0.5) is 5.69 Å². The van der Waals surface area contributed by atoms with Gasteiger partial charge in [0.2, 0.25) is 0 Å². The summed E-state index contributed by atoms with van der Waals surface area (Å²) >= 11 is 0. The van der Waals surface area contributed by atoms with Crippen LogP contribution >= 0.6 is 0 Å². The van der Waals surface area contributed by atoms with Crippen LogP contribution in [-0.2, 0) is 30.5 Å². The Morgan fingerprint density at radius 2 is 1.78 bits per heavy atom. The molecule has 142 valence electrons. The third kappa shape index (κ3) is 3.59. The van der Waals surface area contributed by atoms with Gasteiger partial charge < -0.3 is 0 Å². The quantitative estimate of drug-likeness (QED) is 0.546. The Morgan fingerprint density at radius 1 is 1.19 bits per heavy atom. The van der Waals surface area contributed by atoms with Crippen molar-refractivity contribution in [1.29, 1.82) is 0 Å². The summed E-state index contributed by atoms with van der Waals surface area (Å²) in [7, 11) is -1.36. The van der Waals surface area contributed by atoms with Crippen LogP contribution in [0.3, 0.4) is 0 Å². The van der Waals surface area contributed by atoms with E-state index in [1.54, 1.807) is 12.1 Å². The molecule has 0 bridgehead atoms. The molecule has 1 aromatic carbocycles. The molecule has 0 N–H and O–H groups in total. The van der Waals surface area contributed by atoms with Crippen molar-refractivity contribution in [3.63, 3.8) is 0 Å². The van der Waals surface area contributed by atoms with Crippen molar-refractivity contribution in [3.8, 4) is 12.3 Å². The third-order valence-electron chi connectivity index (χ3n) is 4.19. The van der Waals surface area contributed by atoms with Gasteiger partial charge in [-0.1, -0.05) is 29.7 Å². The Hall–Kier alpha value is -3.05. The van der Waals surface area contributed by atoms with Gasteiger partial charge in [0.1, 0.15) is 5.69 Å². The largest absolute Gasteiger partial charge is 0.330 e. The molecule has 0 radical (unpaired) electrons. The Morgan fingerprint density at radius 3 is 2.30 bits per heavy atom. The van der Waals surface area contributed by atoms with Crippen molar-refractivity contribution in [2.24, 2.45) is 14.1 Å². The summed E-state index contributed by atoms with van der Waals surface area (Å²) in [6, 6.07) is 6.22. The second kappa shape index (κ2) is 7.68. The fraction of sp³-hybridized carbons (Fsp3) is 0.263. The van der Waals surface area contributed by atoms with Gasteiger partial charge in [0.15, 0.2) is 0 Å². The van der Waals surface area contributed by atoms with Gasteiger partial charge in [0.05, 0.1) is 17.1 Å². The van der Waals surface area contributed by atoms with E-state index in [1.807, 2.05) is 6.92 Å². The second-order valence-electron chi connectivity index (χ2n) is 6.02. The SMILES string of the molecule is C#CCN(c1c(CC=C)n(C)c(=O)n(C)c1=O)S(=O)(=O)c1ccc(C)cc1. The lowest BCUT2D eigenvalue weighted by molar-refractivity contribution is 0.590. The maximum absolute atomic E-state index is 13.2. The van der Waals surface area contributed by atoms with E-state index in [2.05, 4.69) is 12.5 Å². The standard InChI is InChI=1S/C19H21N3O4S/c1-6-8-16-17(18(23)21(5)19(24)20(16)4)22(13-7-2)27(25,26)15-11-9-14(3)10-12-15/h2,6,9-12H,1,8,13H2,3-5H3. The summed E-state index contributed by atoms with van der Waals surface area (Å²) in [6.45, 7) is 5.10. The lowest BCUT2D eigenvalue weighted by Crippen LogP contribution is -2.45. The Labute approximate surface area is 158 Å². The minimum absolute atomic E-state index is 0.00353. The van der Waals surface area contributed by atoms with Gasteiger partial charge >= 0.3 is 5.69 Å². The van der Waals surface area contributed by atoms with Crippen LogP contribution in [0, 0.1) is 19.3 Å². The first-order chi connectivity index (χ1) is 12.7. The van der Waals surface area contributed by atoms with E-state index in [0.717, 1.165) is 14.4 Å². The fourth-order valence-corrected chi connectivity index (χ4v) is 4.10. The van der Waals surface area contributed by atoms with Crippen LogP contribution in [-0.4, -0.2) is 24.1 Å². The monoisotopic (exact) mass is 387 g/mol. The highest BCUT2D eigenvalue weighted by molar-refractivity contribution is 7.92. The number of allylic oxidation sites excluding steroid dienone is 1. The van der Waals surface area contributed by atoms with Gasteiger partial charge in [-0.05, 0) is 19.1 Å². The van der Waals surface area contributed by atoms with Gasteiger partial charge in [0, 0.05) is 20.5 Å². The van der Waals surface area contributed by atoms with E-state index in [9.17, 15) is 18.0 Å². The summed E-state index contributed by atoms with van der Waals surface area (Å²) < 4.78 is 29.4. The summed E-state index contributed by atoms with van der Waals surface area (Å²) in [5.41, 5.74) is -0.334. The molecule has 0 aliphatic carbocycles. The molecule has 8 heteroatoms. The molecule has 7 nitrogen and oxygen atoms in total. The first kappa shape index (κ1) is 20.3. The molecular weight excluding hydrogens is 366 g/mol. The maximum atomic E-state index is 13.2. The predicted octanol–water partition coefficient (Wildman–Crippen LogP) is 0.949. The number of sulfonamides is 1. The highest BCUT2D eigenvalue weighted by atomic mass is 32.2. The van der Waals surface area contributed by atoms with Gasteiger partial charge in [-0.25, -0.2) is 17.5 Å². The number of rotatable bonds is 6. The lowest BCUT2D eigenvalue weighted by atomic mass is 10.2. The Kier molecular flexibility index (Phi) is 5.76. The van der Waals surface area contributed by atoms with Crippen molar-refractivity contribution >= 4 is 15.7 Å². The molecule has 0 spiro atoms. The zero-order chi connectivity index (χ0) is 20.4. The van der Waals surface area contributed by atoms with E-state index in [0.29, 0.717) is 0 Å². The topological polar surface area (TPSA) is 81.4 Å². The highest BCUT2D eigenvalue weighted by Crippen LogP contribution is 2.24. The van der Waals surface area contributed by atoms with Crippen molar-refractivity contribution in [1.82, 2.24) is 9.13 Å². The van der Waals surface area contributed by atoms with E-state index >= 15 is 0 Å². The molecule has 2 aromatic rings. The Bertz CT molecular complexity index is 1130. The number of benzene rings is 1. The van der Waals surface area contributed by atoms with Crippen LogP contribution in [0.25, 0.3) is 0 Å². The summed E-state index contributed by atoms with van der Waals surface area (Å²) in [4.78, 5) is 25.1. The molecule has 0 saturated carbocycles. The fourth-order valence-electron chi connectivity index (χ4n) is 2.69. The van der Waals surface area contributed by atoms with E-state index < -0.39 is 21.3 Å². The maximum Gasteiger partial charge on any atom is 0.330 e. The molecule has 0 saturated heterocycles. The van der Waals surface area contributed by atoms with Crippen molar-refractivity contribution < 1.29 is 8.42 Å². The number of aryl methyl sites for hydroxylation is 1. The molecule has 0 aliphatic heterocycles. The molecule has 0 unspecified atom stereocenters. The number of hydrogen-bond acceptors (Lipinski definition) is 4. The summed E-state index contributed by atoms with van der Waals surface area (Å²) in [5.74, 6) is 2.29. The van der Waals surface area contributed by atoms with E-state index in [1.165, 1.54) is 36.9 Å². The first-order valence-electron chi connectivity index (χ1n) is 8.09. The molecule has 27 heavy (non-hydrogen) atoms. The van der Waals surface area contributed by atoms with Crippen LogP contribution in [0.1, 0.15) is 11.3 Å². The predicted molar refractivity (Wildman–Crippen MR) is 105 cm³/mol. The molecule has 0 aliphatic rings. The molecule has 0 atom stereocenters. The Balaban J connectivity index is 2.87. The lowest BCUT2D eigenvalue weighted by Gasteiger charge is -2.25. The minimum atomic E-state index is -4.11. The van der Waals surface area contributed by atoms with Crippen LogP contribution < -0.4 is 15.6 Å². The van der Waals surface area contributed by atoms with Crippen molar-refractivity contribution in [2.75, 3.05) is 10.8 Å². The number of terminal acetylenes is 1. The van der Waals surface area contributed by atoms with E-state index in [-0.39, 0.29) is 29.2 Å². The average molecular weight is 387 g/mol. The van der Waals surface area contributed by atoms with Crippen molar-refractivity contribution in [3.05, 3.63) is 69.0 Å². The normalized spacial score (nSPS) is 11.0. The first-order valence-corrected chi connectivity index (χ1v) is 9.53. The second-order valence-corrected chi connectivity index (χ2v) is 7.89. The average Bonchev–Trinajstić information content (AvgIpc) is 2.64. The van der Waals surface area contributed by atoms with Gasteiger partial charge in [-0.15, -0.1) is 13.0 Å². The highest BCUT2D eigenvalue weighted by Gasteiger charge is 2.30. The van der Waals surface area contributed by atoms with Crippen LogP contribution in [0.15, 0.2) is 51.4 Å². The minimum Gasteiger partial charge on any atom is -0.298 e. The molecular formula is C19H21N3O4S. The van der Waals surface area contributed by atoms with Gasteiger partial charge in [0.25, 0.3) is 15.6 Å². The summed E-state index contributed by atoms with van der Waals surface area (Å²) in [5, 5.41) is 0. The molecule has 2 rings (SSSR count). The number of anilines is 1. The molecule has 0 amide bonds. The number of aromatic nitrogens is 2. The zero-order valence-electron chi connectivity index (χ0n) is 15.5. The molecule has 1 heterocycles. The van der Waals surface area contributed by atoms with Crippen LogP contribution in [0.5, 0.6) is 0 Å². The van der Waals surface area contributed by atoms with Gasteiger partial charge in [-0.3, -0.25) is 13.9 Å².